The number of ether oxygens (including phenoxy) is 1. The minimum absolute atomic E-state index is 0.0157. The van der Waals surface area contributed by atoms with E-state index in [-0.39, 0.29) is 28.3 Å². The minimum Gasteiger partial charge on any atom is -0.466 e. The van der Waals surface area contributed by atoms with Crippen LogP contribution in [0.5, 0.6) is 0 Å². The number of hydrogen-bond acceptors (Lipinski definition) is 4. The van der Waals surface area contributed by atoms with Crippen LogP contribution in [0.15, 0.2) is 35.5 Å². The smallest absolute Gasteiger partial charge is 0.305 e. The molecule has 0 radical (unpaired) electrons. The number of fused-ring (bicyclic) bond motifs is 1. The molecule has 0 N–H and O–H groups in total. The number of esters is 1. The first-order chi connectivity index (χ1) is 20.6. The molecule has 3 aliphatic rings. The minimum atomic E-state index is -1.98. The molecule has 0 aromatic heterocycles. The van der Waals surface area contributed by atoms with Crippen molar-refractivity contribution in [1.29, 1.82) is 0 Å². The second-order valence-corrected chi connectivity index (χ2v) is 27.5. The Morgan fingerprint density at radius 2 is 1.64 bits per heavy atom. The highest BCUT2D eigenvalue weighted by Gasteiger charge is 2.50. The first-order valence-corrected chi connectivity index (χ1v) is 24.0. The maximum absolute atomic E-state index is 11.9. The number of hydrogen-bond donors (Lipinski definition) is 0. The van der Waals surface area contributed by atoms with Crippen molar-refractivity contribution in [2.75, 3.05) is 6.61 Å². The molecule has 0 unspecified atom stereocenters. The molecule has 0 aromatic rings. The molecule has 0 spiro atoms. The Hall–Kier alpha value is -0.956. The third kappa shape index (κ3) is 9.15. The van der Waals surface area contributed by atoms with Crippen molar-refractivity contribution in [1.82, 2.24) is 0 Å². The summed E-state index contributed by atoms with van der Waals surface area (Å²) >= 11 is 0. The summed E-state index contributed by atoms with van der Waals surface area (Å²) in [5.74, 6) is 1.95. The van der Waals surface area contributed by atoms with E-state index in [1.165, 1.54) is 43.3 Å². The van der Waals surface area contributed by atoms with E-state index in [0.29, 0.717) is 30.3 Å². The summed E-state index contributed by atoms with van der Waals surface area (Å²) in [4.78, 5) is 11.9. The lowest BCUT2D eigenvalue weighted by atomic mass is 9.60. The van der Waals surface area contributed by atoms with E-state index in [2.05, 4.69) is 100 Å². The van der Waals surface area contributed by atoms with Crippen LogP contribution in [0, 0.1) is 23.2 Å². The molecule has 6 heteroatoms. The Morgan fingerprint density at radius 3 is 2.24 bits per heavy atom. The van der Waals surface area contributed by atoms with Gasteiger partial charge in [0.05, 0.1) is 18.8 Å². The van der Waals surface area contributed by atoms with Crippen LogP contribution in [0.1, 0.15) is 127 Å². The topological polar surface area (TPSA) is 44.8 Å². The van der Waals surface area contributed by atoms with E-state index in [1.54, 1.807) is 5.57 Å². The zero-order chi connectivity index (χ0) is 34.0. The van der Waals surface area contributed by atoms with E-state index >= 15 is 0 Å². The highest BCUT2D eigenvalue weighted by atomic mass is 28.4. The summed E-state index contributed by atoms with van der Waals surface area (Å²) in [7, 11) is -3.92. The summed E-state index contributed by atoms with van der Waals surface area (Å²) < 4.78 is 19.3. The van der Waals surface area contributed by atoms with Crippen molar-refractivity contribution in [2.45, 2.75) is 175 Å². The lowest BCUT2D eigenvalue weighted by molar-refractivity contribution is -0.143. The van der Waals surface area contributed by atoms with E-state index in [1.807, 2.05) is 6.92 Å². The SMILES string of the molecule is C=C1/C(=C/C=C2\CCC[C@]3(C)[C@@H]([C@H](C)CCCC(=O)OCC)CC[C@@H]23)C[C@H](O[Si](C)(C)C(C)(C)C)C[C@@H]1O[Si](C)(C)C(C)(C)C. The Labute approximate surface area is 280 Å². The average molecular weight is 659 g/mol. The predicted molar refractivity (Wildman–Crippen MR) is 196 cm³/mol. The molecule has 0 aromatic carbocycles. The fourth-order valence-electron chi connectivity index (χ4n) is 7.98. The van der Waals surface area contributed by atoms with Gasteiger partial charge in [-0.25, -0.2) is 0 Å². The standard InChI is InChI=1S/C39H70O4Si2/c1-15-41-36(40)20-16-18-28(2)33-23-24-34-30(19-17-25-39(33,34)10)21-22-31-26-32(42-44(11,12)37(4,5)6)27-35(29(31)3)43-45(13,14)38(7,8)9/h21-22,28,32-35H,3,15-20,23-27H2,1-2,4-14H3/b30-21+,31-22+/t28-,32+,33-,34+,35+,39-/m1/s1. The summed E-state index contributed by atoms with van der Waals surface area (Å²) in [5.41, 5.74) is 4.48. The van der Waals surface area contributed by atoms with Crippen molar-refractivity contribution in [3.05, 3.63) is 35.5 Å². The van der Waals surface area contributed by atoms with Crippen molar-refractivity contribution in [3.8, 4) is 0 Å². The van der Waals surface area contributed by atoms with Crippen LogP contribution in [-0.2, 0) is 18.4 Å². The van der Waals surface area contributed by atoms with Crippen LogP contribution in [0.4, 0.5) is 0 Å². The fourth-order valence-corrected chi connectivity index (χ4v) is 10.7. The van der Waals surface area contributed by atoms with Crippen LogP contribution in [0.3, 0.4) is 0 Å². The summed E-state index contributed by atoms with van der Waals surface area (Å²) in [5, 5.41) is 0.318. The lowest BCUT2D eigenvalue weighted by Gasteiger charge is -2.46. The van der Waals surface area contributed by atoms with Crippen LogP contribution >= 0.6 is 0 Å². The second-order valence-electron chi connectivity index (χ2n) is 18.0. The number of rotatable bonds is 11. The molecule has 0 heterocycles. The van der Waals surface area contributed by atoms with Crippen LogP contribution in [-0.4, -0.2) is 41.4 Å². The Kier molecular flexibility index (Phi) is 12.5. The third-order valence-electron chi connectivity index (χ3n) is 12.8. The maximum atomic E-state index is 11.9. The molecule has 258 valence electrons. The lowest BCUT2D eigenvalue weighted by Crippen LogP contribution is -2.49. The first-order valence-electron chi connectivity index (χ1n) is 18.2. The Morgan fingerprint density at radius 1 is 1.02 bits per heavy atom. The van der Waals surface area contributed by atoms with Crippen molar-refractivity contribution >= 4 is 22.6 Å². The van der Waals surface area contributed by atoms with Crippen molar-refractivity contribution < 1.29 is 18.4 Å². The molecule has 45 heavy (non-hydrogen) atoms. The van der Waals surface area contributed by atoms with Crippen molar-refractivity contribution in [3.63, 3.8) is 0 Å². The van der Waals surface area contributed by atoms with E-state index < -0.39 is 16.6 Å². The Balaban J connectivity index is 1.84. The maximum Gasteiger partial charge on any atom is 0.305 e. The molecule has 0 aliphatic heterocycles. The molecule has 3 rings (SSSR count). The molecule has 0 amide bonds. The van der Waals surface area contributed by atoms with Gasteiger partial charge in [0.25, 0.3) is 0 Å². The average Bonchev–Trinajstić information content (AvgIpc) is 3.25. The highest BCUT2D eigenvalue weighted by Crippen LogP contribution is 2.60. The summed E-state index contributed by atoms with van der Waals surface area (Å²) in [6.45, 7) is 35.5. The first kappa shape index (κ1) is 38.5. The summed E-state index contributed by atoms with van der Waals surface area (Å²) in [6.07, 6.45) is 15.9. The van der Waals surface area contributed by atoms with Gasteiger partial charge in [-0.3, -0.25) is 4.79 Å². The molecule has 6 atom stereocenters. The highest BCUT2D eigenvalue weighted by molar-refractivity contribution is 6.74. The number of carbonyl (C=O) groups excluding carboxylic acids is 1. The second kappa shape index (κ2) is 14.7. The van der Waals surface area contributed by atoms with Crippen LogP contribution in [0.2, 0.25) is 36.3 Å². The molecular formula is C39H70O4Si2. The molecule has 3 saturated carbocycles. The summed E-state index contributed by atoms with van der Waals surface area (Å²) in [6, 6.07) is 0. The van der Waals surface area contributed by atoms with Gasteiger partial charge in [-0.1, -0.05) is 79.7 Å². The monoisotopic (exact) mass is 658 g/mol. The van der Waals surface area contributed by atoms with Gasteiger partial charge >= 0.3 is 5.97 Å². The largest absolute Gasteiger partial charge is 0.466 e. The molecule has 3 aliphatic carbocycles. The third-order valence-corrected chi connectivity index (χ3v) is 21.8. The van der Waals surface area contributed by atoms with Gasteiger partial charge < -0.3 is 13.6 Å². The van der Waals surface area contributed by atoms with Crippen molar-refractivity contribution in [2.24, 2.45) is 23.2 Å². The van der Waals surface area contributed by atoms with Gasteiger partial charge in [0.15, 0.2) is 16.6 Å². The number of allylic oxidation sites excluding steroid dienone is 3. The molecular weight excluding hydrogens is 589 g/mol. The fraction of sp³-hybridized carbons (Fsp3) is 0.821. The van der Waals surface area contributed by atoms with Gasteiger partial charge in [0, 0.05) is 12.8 Å². The van der Waals surface area contributed by atoms with E-state index in [9.17, 15) is 4.79 Å². The molecule has 0 saturated heterocycles. The number of carbonyl (C=O) groups is 1. The molecule has 4 nitrogen and oxygen atoms in total. The zero-order valence-electron chi connectivity index (χ0n) is 31.7. The van der Waals surface area contributed by atoms with Crippen LogP contribution in [0.25, 0.3) is 0 Å². The zero-order valence-corrected chi connectivity index (χ0v) is 33.7. The quantitative estimate of drug-likeness (QED) is 0.164. The van der Waals surface area contributed by atoms with Gasteiger partial charge in [-0.05, 0) is 129 Å². The van der Waals surface area contributed by atoms with Gasteiger partial charge in [-0.2, -0.15) is 0 Å². The van der Waals surface area contributed by atoms with Gasteiger partial charge in [0.2, 0.25) is 0 Å². The van der Waals surface area contributed by atoms with Gasteiger partial charge in [-0.15, -0.1) is 0 Å². The van der Waals surface area contributed by atoms with E-state index in [4.69, 9.17) is 13.6 Å². The molecule has 3 fully saturated rings. The molecule has 0 bridgehead atoms. The predicted octanol–water partition coefficient (Wildman–Crippen LogP) is 11.6. The Bertz CT molecular complexity index is 1110. The van der Waals surface area contributed by atoms with E-state index in [0.717, 1.165) is 31.6 Å². The van der Waals surface area contributed by atoms with Crippen LogP contribution < -0.4 is 0 Å². The normalized spacial score (nSPS) is 30.9. The van der Waals surface area contributed by atoms with Gasteiger partial charge in [0.1, 0.15) is 0 Å².